The Balaban J connectivity index is 1.40. The number of rotatable bonds is 4. The van der Waals surface area contributed by atoms with Crippen molar-refractivity contribution in [3.63, 3.8) is 0 Å². The van der Waals surface area contributed by atoms with E-state index < -0.39 is 0 Å². The molecular formula is C18H24N2O. The van der Waals surface area contributed by atoms with E-state index in [1.165, 1.54) is 22.9 Å². The summed E-state index contributed by atoms with van der Waals surface area (Å²) >= 11 is 0. The minimum Gasteiger partial charge on any atom is -0.377 e. The van der Waals surface area contributed by atoms with Gasteiger partial charge >= 0.3 is 0 Å². The Hall–Kier alpha value is -1.32. The molecule has 1 saturated carbocycles. The lowest BCUT2D eigenvalue weighted by Crippen LogP contribution is -2.66. The number of H-pyrrole nitrogens is 1. The largest absolute Gasteiger partial charge is 0.377 e. The van der Waals surface area contributed by atoms with E-state index >= 15 is 0 Å². The molecule has 1 aromatic carbocycles. The minimum absolute atomic E-state index is 0.279. The molecule has 0 spiro atoms. The Morgan fingerprint density at radius 1 is 1.33 bits per heavy atom. The molecule has 112 valence electrons. The van der Waals surface area contributed by atoms with Crippen molar-refractivity contribution in [2.75, 3.05) is 13.2 Å². The molecule has 3 atom stereocenters. The Morgan fingerprint density at radius 2 is 2.19 bits per heavy atom. The van der Waals surface area contributed by atoms with Gasteiger partial charge in [0.1, 0.15) is 0 Å². The lowest BCUT2D eigenvalue weighted by Gasteiger charge is -2.55. The van der Waals surface area contributed by atoms with E-state index in [-0.39, 0.29) is 5.41 Å². The van der Waals surface area contributed by atoms with E-state index in [0.29, 0.717) is 12.1 Å². The van der Waals surface area contributed by atoms with Crippen LogP contribution in [0.25, 0.3) is 10.9 Å². The summed E-state index contributed by atoms with van der Waals surface area (Å²) in [5.41, 5.74) is 2.93. The highest BCUT2D eigenvalue weighted by molar-refractivity contribution is 5.83. The van der Waals surface area contributed by atoms with Crippen molar-refractivity contribution in [1.82, 2.24) is 10.3 Å². The molecular weight excluding hydrogens is 260 g/mol. The second-order valence-electron chi connectivity index (χ2n) is 7.11. The summed E-state index contributed by atoms with van der Waals surface area (Å²) in [6.07, 6.45) is 4.93. The summed E-state index contributed by atoms with van der Waals surface area (Å²) < 4.78 is 5.86. The van der Waals surface area contributed by atoms with Gasteiger partial charge in [-0.25, -0.2) is 0 Å². The van der Waals surface area contributed by atoms with Gasteiger partial charge in [-0.15, -0.1) is 0 Å². The summed E-state index contributed by atoms with van der Waals surface area (Å²) in [5, 5.41) is 5.15. The zero-order chi connectivity index (χ0) is 14.4. The predicted molar refractivity (Wildman–Crippen MR) is 85.4 cm³/mol. The van der Waals surface area contributed by atoms with Gasteiger partial charge in [0.25, 0.3) is 0 Å². The molecule has 2 aromatic rings. The number of nitrogens with one attached hydrogen (secondary N) is 2. The number of benzene rings is 1. The number of ether oxygens (including phenoxy) is 1. The number of aromatic nitrogens is 1. The zero-order valence-electron chi connectivity index (χ0n) is 12.9. The van der Waals surface area contributed by atoms with E-state index in [2.05, 4.69) is 54.6 Å². The number of hydrogen-bond acceptors (Lipinski definition) is 2. The first-order chi connectivity index (χ1) is 10.2. The summed E-state index contributed by atoms with van der Waals surface area (Å²) in [6, 6.07) is 9.15. The SMILES string of the molecule is CC1(C)[C@H](NCCc2c[nH]c3ccccc23)[C@H]2CCO[C@@H]21. The van der Waals surface area contributed by atoms with Gasteiger partial charge in [-0.1, -0.05) is 32.0 Å². The van der Waals surface area contributed by atoms with Crippen LogP contribution in [0, 0.1) is 11.3 Å². The fourth-order valence-corrected chi connectivity index (χ4v) is 4.44. The van der Waals surface area contributed by atoms with Gasteiger partial charge in [0.2, 0.25) is 0 Å². The third kappa shape index (κ3) is 2.02. The van der Waals surface area contributed by atoms with Crippen molar-refractivity contribution < 1.29 is 4.74 Å². The van der Waals surface area contributed by atoms with E-state index in [0.717, 1.165) is 25.5 Å². The number of aromatic amines is 1. The first kappa shape index (κ1) is 13.4. The molecule has 1 aromatic heterocycles. The van der Waals surface area contributed by atoms with Crippen LogP contribution in [0.4, 0.5) is 0 Å². The molecule has 0 bridgehead atoms. The Labute approximate surface area is 126 Å². The smallest absolute Gasteiger partial charge is 0.0685 e. The molecule has 4 rings (SSSR count). The van der Waals surface area contributed by atoms with Gasteiger partial charge in [-0.3, -0.25) is 0 Å². The van der Waals surface area contributed by atoms with Crippen LogP contribution in [0.2, 0.25) is 0 Å². The van der Waals surface area contributed by atoms with Crippen molar-refractivity contribution in [1.29, 1.82) is 0 Å². The third-order valence-electron chi connectivity index (χ3n) is 5.53. The quantitative estimate of drug-likeness (QED) is 0.905. The second-order valence-corrected chi connectivity index (χ2v) is 7.11. The van der Waals surface area contributed by atoms with Crippen LogP contribution in [0.3, 0.4) is 0 Å². The molecule has 1 aliphatic heterocycles. The van der Waals surface area contributed by atoms with Gasteiger partial charge < -0.3 is 15.0 Å². The zero-order valence-corrected chi connectivity index (χ0v) is 12.9. The fourth-order valence-electron chi connectivity index (χ4n) is 4.44. The second kappa shape index (κ2) is 4.85. The Kier molecular flexibility index (Phi) is 3.09. The van der Waals surface area contributed by atoms with Crippen molar-refractivity contribution in [3.8, 4) is 0 Å². The Morgan fingerprint density at radius 3 is 3.10 bits per heavy atom. The van der Waals surface area contributed by atoms with Crippen LogP contribution in [0.5, 0.6) is 0 Å². The summed E-state index contributed by atoms with van der Waals surface area (Å²) in [7, 11) is 0. The lowest BCUT2D eigenvalue weighted by molar-refractivity contribution is -0.112. The van der Waals surface area contributed by atoms with E-state index in [1.807, 2.05) is 0 Å². The Bertz CT molecular complexity index is 645. The van der Waals surface area contributed by atoms with Crippen LogP contribution in [0.15, 0.2) is 30.5 Å². The van der Waals surface area contributed by atoms with Gasteiger partial charge in [0.15, 0.2) is 0 Å². The maximum absolute atomic E-state index is 5.86. The van der Waals surface area contributed by atoms with Gasteiger partial charge in [-0.2, -0.15) is 0 Å². The van der Waals surface area contributed by atoms with Crippen molar-refractivity contribution >= 4 is 10.9 Å². The van der Waals surface area contributed by atoms with Gasteiger partial charge in [0.05, 0.1) is 6.10 Å². The molecule has 0 amide bonds. The summed E-state index contributed by atoms with van der Waals surface area (Å²) in [4.78, 5) is 3.36. The lowest BCUT2D eigenvalue weighted by atomic mass is 9.57. The molecule has 3 nitrogen and oxygen atoms in total. The van der Waals surface area contributed by atoms with Crippen molar-refractivity contribution in [2.45, 2.75) is 38.8 Å². The molecule has 2 aliphatic rings. The molecule has 2 N–H and O–H groups in total. The average molecular weight is 284 g/mol. The number of fused-ring (bicyclic) bond motifs is 2. The number of para-hydroxylation sites is 1. The highest BCUT2D eigenvalue weighted by atomic mass is 16.5. The van der Waals surface area contributed by atoms with Gasteiger partial charge in [0, 0.05) is 41.1 Å². The van der Waals surface area contributed by atoms with E-state index in [9.17, 15) is 0 Å². The predicted octanol–water partition coefficient (Wildman–Crippen LogP) is 3.11. The molecule has 2 heterocycles. The van der Waals surface area contributed by atoms with Crippen LogP contribution < -0.4 is 5.32 Å². The molecule has 2 fully saturated rings. The molecule has 1 aliphatic carbocycles. The third-order valence-corrected chi connectivity index (χ3v) is 5.53. The molecule has 3 heteroatoms. The highest BCUT2D eigenvalue weighted by Crippen LogP contribution is 2.52. The molecule has 0 unspecified atom stereocenters. The molecule has 0 radical (unpaired) electrons. The van der Waals surface area contributed by atoms with Crippen LogP contribution in [-0.2, 0) is 11.2 Å². The number of hydrogen-bond donors (Lipinski definition) is 2. The standard InChI is InChI=1S/C18H24N2O/c1-18(2)16(14-8-10-21-17(14)18)19-9-7-12-11-20-15-6-4-3-5-13(12)15/h3-6,11,14,16-17,19-20H,7-10H2,1-2H3/t14-,16-,17+/m1/s1. The van der Waals surface area contributed by atoms with Crippen molar-refractivity contribution in [2.24, 2.45) is 11.3 Å². The minimum atomic E-state index is 0.279. The molecule has 21 heavy (non-hydrogen) atoms. The van der Waals surface area contributed by atoms with E-state index in [1.54, 1.807) is 0 Å². The van der Waals surface area contributed by atoms with Crippen LogP contribution >= 0.6 is 0 Å². The topological polar surface area (TPSA) is 37.0 Å². The van der Waals surface area contributed by atoms with E-state index in [4.69, 9.17) is 4.74 Å². The summed E-state index contributed by atoms with van der Waals surface area (Å²) in [5.74, 6) is 0.725. The normalized spacial score (nSPS) is 30.3. The van der Waals surface area contributed by atoms with Crippen molar-refractivity contribution in [3.05, 3.63) is 36.0 Å². The maximum Gasteiger partial charge on any atom is 0.0685 e. The summed E-state index contributed by atoms with van der Waals surface area (Å²) in [6.45, 7) is 6.66. The van der Waals surface area contributed by atoms with Crippen LogP contribution in [-0.4, -0.2) is 30.3 Å². The monoisotopic (exact) mass is 284 g/mol. The molecule has 1 saturated heterocycles. The first-order valence-electron chi connectivity index (χ1n) is 8.08. The average Bonchev–Trinajstić information content (AvgIpc) is 3.09. The van der Waals surface area contributed by atoms with Crippen LogP contribution in [0.1, 0.15) is 25.8 Å². The fraction of sp³-hybridized carbons (Fsp3) is 0.556. The van der Waals surface area contributed by atoms with Gasteiger partial charge in [-0.05, 0) is 31.0 Å². The highest BCUT2D eigenvalue weighted by Gasteiger charge is 2.58. The first-order valence-corrected chi connectivity index (χ1v) is 8.08. The maximum atomic E-state index is 5.86.